The maximum atomic E-state index is 12.5. The van der Waals surface area contributed by atoms with Crippen molar-refractivity contribution >= 4 is 11.9 Å². The molecule has 7 heteroatoms. The van der Waals surface area contributed by atoms with Gasteiger partial charge in [-0.05, 0) is 50.7 Å². The molecule has 0 aliphatic carbocycles. The van der Waals surface area contributed by atoms with Gasteiger partial charge in [0.05, 0.1) is 18.8 Å². The molecule has 1 N–H and O–H groups in total. The number of aryl methyl sites for hydroxylation is 1. The van der Waals surface area contributed by atoms with Crippen LogP contribution in [0.4, 0.5) is 0 Å². The Morgan fingerprint density at radius 2 is 1.77 bits per heavy atom. The molecule has 31 heavy (non-hydrogen) atoms. The summed E-state index contributed by atoms with van der Waals surface area (Å²) < 4.78 is 5.26. The molecule has 1 atom stereocenters. The van der Waals surface area contributed by atoms with Gasteiger partial charge in [0.1, 0.15) is 0 Å². The second kappa shape index (κ2) is 11.0. The Bertz CT molecular complexity index is 837. The first kappa shape index (κ1) is 22.9. The van der Waals surface area contributed by atoms with Crippen LogP contribution in [-0.4, -0.2) is 79.9 Å². The summed E-state index contributed by atoms with van der Waals surface area (Å²) in [4.78, 5) is 23.8. The van der Waals surface area contributed by atoms with Crippen LogP contribution < -0.4 is 5.32 Å². The van der Waals surface area contributed by atoms with Gasteiger partial charge in [-0.2, -0.15) is 0 Å². The Balaban J connectivity index is 1.65. The molecule has 0 spiro atoms. The summed E-state index contributed by atoms with van der Waals surface area (Å²) in [6.07, 6.45) is 2.58. The topological polar surface area (TPSA) is 64.3 Å². The third kappa shape index (κ3) is 5.88. The maximum absolute atomic E-state index is 12.5. The second-order valence-corrected chi connectivity index (χ2v) is 8.03. The standard InChI is InChI=1S/C24H35N5O2/c1-5-19-9-11-20(12-10-19)21(27(3)4)18-26-24(25-6-2)29-15-13-28(14-16-29)23(30)22-8-7-17-31-22/h7-12,17,21H,5-6,13-16,18H2,1-4H3,(H,25,26). The van der Waals surface area contributed by atoms with E-state index in [9.17, 15) is 4.79 Å². The largest absolute Gasteiger partial charge is 0.459 e. The van der Waals surface area contributed by atoms with Crippen molar-refractivity contribution in [3.8, 4) is 0 Å². The number of hydrogen-bond acceptors (Lipinski definition) is 4. The predicted octanol–water partition coefficient (Wildman–Crippen LogP) is 2.87. The summed E-state index contributed by atoms with van der Waals surface area (Å²) >= 11 is 0. The van der Waals surface area contributed by atoms with Crippen molar-refractivity contribution in [2.24, 2.45) is 4.99 Å². The zero-order chi connectivity index (χ0) is 22.2. The molecule has 0 bridgehead atoms. The fourth-order valence-corrected chi connectivity index (χ4v) is 3.82. The van der Waals surface area contributed by atoms with Gasteiger partial charge in [0.25, 0.3) is 5.91 Å². The summed E-state index contributed by atoms with van der Waals surface area (Å²) in [5.74, 6) is 1.26. The van der Waals surface area contributed by atoms with Crippen molar-refractivity contribution in [2.45, 2.75) is 26.3 Å². The molecule has 3 rings (SSSR count). The van der Waals surface area contributed by atoms with Gasteiger partial charge in [-0.3, -0.25) is 9.79 Å². The molecule has 1 aliphatic heterocycles. The molecule has 2 heterocycles. The average molecular weight is 426 g/mol. The van der Waals surface area contributed by atoms with Gasteiger partial charge in [-0.25, -0.2) is 0 Å². The van der Waals surface area contributed by atoms with Gasteiger partial charge in [-0.15, -0.1) is 0 Å². The Kier molecular flexibility index (Phi) is 8.12. The molecule has 1 aromatic carbocycles. The lowest BCUT2D eigenvalue weighted by Gasteiger charge is -2.36. The van der Waals surface area contributed by atoms with Crippen LogP contribution in [0.2, 0.25) is 0 Å². The number of hydrogen-bond donors (Lipinski definition) is 1. The maximum Gasteiger partial charge on any atom is 0.289 e. The number of aliphatic imine (C=N–C) groups is 1. The lowest BCUT2D eigenvalue weighted by molar-refractivity contribution is 0.0657. The predicted molar refractivity (Wildman–Crippen MR) is 124 cm³/mol. The second-order valence-electron chi connectivity index (χ2n) is 8.03. The van der Waals surface area contributed by atoms with E-state index >= 15 is 0 Å². The quantitative estimate of drug-likeness (QED) is 0.546. The minimum Gasteiger partial charge on any atom is -0.459 e. The summed E-state index contributed by atoms with van der Waals surface area (Å²) in [5.41, 5.74) is 2.62. The van der Waals surface area contributed by atoms with E-state index in [1.54, 1.807) is 12.1 Å². The van der Waals surface area contributed by atoms with Crippen molar-refractivity contribution in [2.75, 3.05) is 53.4 Å². The SMILES string of the molecule is CCNC(=NCC(c1ccc(CC)cc1)N(C)C)N1CCN(C(=O)c2ccco2)CC1. The van der Waals surface area contributed by atoms with Crippen molar-refractivity contribution in [3.05, 3.63) is 59.5 Å². The number of amides is 1. The first-order valence-corrected chi connectivity index (χ1v) is 11.1. The number of carbonyl (C=O) groups excluding carboxylic acids is 1. The Morgan fingerprint density at radius 3 is 2.32 bits per heavy atom. The zero-order valence-corrected chi connectivity index (χ0v) is 19.2. The number of piperazine rings is 1. The van der Waals surface area contributed by atoms with Crippen LogP contribution in [0.5, 0.6) is 0 Å². The smallest absolute Gasteiger partial charge is 0.289 e. The van der Waals surface area contributed by atoms with E-state index in [4.69, 9.17) is 9.41 Å². The van der Waals surface area contributed by atoms with Crippen LogP contribution in [0.1, 0.15) is 41.6 Å². The highest BCUT2D eigenvalue weighted by Gasteiger charge is 2.25. The van der Waals surface area contributed by atoms with Crippen LogP contribution in [-0.2, 0) is 6.42 Å². The highest BCUT2D eigenvalue weighted by atomic mass is 16.3. The molecule has 2 aromatic rings. The number of nitrogens with zero attached hydrogens (tertiary/aromatic N) is 4. The fourth-order valence-electron chi connectivity index (χ4n) is 3.82. The molecule has 0 saturated carbocycles. The lowest BCUT2D eigenvalue weighted by atomic mass is 10.0. The third-order valence-electron chi connectivity index (χ3n) is 5.74. The molecule has 7 nitrogen and oxygen atoms in total. The number of benzene rings is 1. The van der Waals surface area contributed by atoms with Crippen LogP contribution in [0.3, 0.4) is 0 Å². The van der Waals surface area contributed by atoms with Gasteiger partial charge in [0.15, 0.2) is 11.7 Å². The first-order chi connectivity index (χ1) is 15.0. The first-order valence-electron chi connectivity index (χ1n) is 11.1. The molecule has 1 fully saturated rings. The van der Waals surface area contributed by atoms with Gasteiger partial charge in [-0.1, -0.05) is 31.2 Å². The average Bonchev–Trinajstić information content (AvgIpc) is 3.33. The van der Waals surface area contributed by atoms with E-state index in [2.05, 4.69) is 67.3 Å². The molecule has 1 aromatic heterocycles. The van der Waals surface area contributed by atoms with E-state index in [0.717, 1.165) is 32.0 Å². The van der Waals surface area contributed by atoms with Crippen LogP contribution in [0.15, 0.2) is 52.1 Å². The summed E-state index contributed by atoms with van der Waals surface area (Å²) in [5, 5.41) is 3.42. The molecule has 0 radical (unpaired) electrons. The minimum absolute atomic E-state index is 0.0465. The number of rotatable bonds is 7. The summed E-state index contributed by atoms with van der Waals surface area (Å²) in [6, 6.07) is 12.5. The van der Waals surface area contributed by atoms with Crippen molar-refractivity contribution in [3.63, 3.8) is 0 Å². The van der Waals surface area contributed by atoms with Crippen molar-refractivity contribution < 1.29 is 9.21 Å². The summed E-state index contributed by atoms with van der Waals surface area (Å²) in [7, 11) is 4.19. The van der Waals surface area contributed by atoms with E-state index in [-0.39, 0.29) is 11.9 Å². The van der Waals surface area contributed by atoms with E-state index in [1.807, 2.05) is 4.90 Å². The lowest BCUT2D eigenvalue weighted by Crippen LogP contribution is -2.53. The summed E-state index contributed by atoms with van der Waals surface area (Å²) in [6.45, 7) is 8.53. The Hall–Kier alpha value is -2.80. The van der Waals surface area contributed by atoms with E-state index < -0.39 is 0 Å². The van der Waals surface area contributed by atoms with Crippen LogP contribution in [0.25, 0.3) is 0 Å². The van der Waals surface area contributed by atoms with E-state index in [1.165, 1.54) is 17.4 Å². The highest BCUT2D eigenvalue weighted by molar-refractivity contribution is 5.91. The molecule has 1 unspecified atom stereocenters. The normalized spacial score (nSPS) is 16.0. The zero-order valence-electron chi connectivity index (χ0n) is 19.2. The Labute approximate surface area is 185 Å². The number of carbonyl (C=O) groups is 1. The fraction of sp³-hybridized carbons (Fsp3) is 0.500. The van der Waals surface area contributed by atoms with Gasteiger partial charge < -0.3 is 24.4 Å². The van der Waals surface area contributed by atoms with Crippen LogP contribution >= 0.6 is 0 Å². The van der Waals surface area contributed by atoms with Crippen LogP contribution in [0, 0.1) is 0 Å². The van der Waals surface area contributed by atoms with Crippen molar-refractivity contribution in [1.29, 1.82) is 0 Å². The molecule has 1 aliphatic rings. The monoisotopic (exact) mass is 425 g/mol. The van der Waals surface area contributed by atoms with Gasteiger partial charge >= 0.3 is 0 Å². The molecule has 168 valence electrons. The number of furan rings is 1. The molecule has 1 saturated heterocycles. The number of nitrogens with one attached hydrogen (secondary N) is 1. The van der Waals surface area contributed by atoms with E-state index in [0.29, 0.717) is 25.4 Å². The number of likely N-dealkylation sites (N-methyl/N-ethyl adjacent to an activating group) is 1. The molecular formula is C24H35N5O2. The molecular weight excluding hydrogens is 390 g/mol. The Morgan fingerprint density at radius 1 is 1.10 bits per heavy atom. The third-order valence-corrected chi connectivity index (χ3v) is 5.74. The number of guanidine groups is 1. The van der Waals surface area contributed by atoms with Gasteiger partial charge in [0, 0.05) is 32.7 Å². The highest BCUT2D eigenvalue weighted by Crippen LogP contribution is 2.20. The molecule has 1 amide bonds. The van der Waals surface area contributed by atoms with Crippen molar-refractivity contribution in [1.82, 2.24) is 20.0 Å². The van der Waals surface area contributed by atoms with Gasteiger partial charge in [0.2, 0.25) is 0 Å². The minimum atomic E-state index is -0.0465.